The molecule has 0 radical (unpaired) electrons. The van der Waals surface area contributed by atoms with Crippen LogP contribution in [0.5, 0.6) is 0 Å². The molecule has 0 aliphatic carbocycles. The topological polar surface area (TPSA) is 117 Å². The van der Waals surface area contributed by atoms with Gasteiger partial charge in [-0.15, -0.1) is 0 Å². The van der Waals surface area contributed by atoms with Gasteiger partial charge in [0.05, 0.1) is 4.90 Å². The lowest BCUT2D eigenvalue weighted by molar-refractivity contribution is -0.116. The molecule has 4 rings (SSSR count). The molecule has 2 aromatic carbocycles. The third-order valence-corrected chi connectivity index (χ3v) is 6.53. The fourth-order valence-corrected chi connectivity index (χ4v) is 4.46. The second kappa shape index (κ2) is 9.29. The molecule has 0 fully saturated rings. The zero-order valence-electron chi connectivity index (χ0n) is 17.2. The first kappa shape index (κ1) is 21.7. The van der Waals surface area contributed by atoms with Crippen molar-refractivity contribution in [2.75, 3.05) is 10.6 Å². The van der Waals surface area contributed by atoms with E-state index in [4.69, 9.17) is 0 Å². The number of anilines is 2. The van der Waals surface area contributed by atoms with Crippen molar-refractivity contribution in [2.24, 2.45) is 0 Å². The first-order valence-corrected chi connectivity index (χ1v) is 11.6. The molecule has 0 atom stereocenters. The van der Waals surface area contributed by atoms with Crippen LogP contribution in [0.3, 0.4) is 0 Å². The molecule has 32 heavy (non-hydrogen) atoms. The van der Waals surface area contributed by atoms with Crippen LogP contribution in [0.1, 0.15) is 34.3 Å². The van der Waals surface area contributed by atoms with Gasteiger partial charge >= 0.3 is 0 Å². The van der Waals surface area contributed by atoms with Crippen molar-refractivity contribution >= 4 is 33.2 Å². The SMILES string of the molecule is O=C1CCCc2cc(S(=O)(=O)NCc3ccc(C(=O)Nc4ccncc4)cc3)ccc2N1. The Morgan fingerprint density at radius 3 is 2.50 bits per heavy atom. The smallest absolute Gasteiger partial charge is 0.255 e. The predicted octanol–water partition coefficient (Wildman–Crippen LogP) is 3.09. The quantitative estimate of drug-likeness (QED) is 0.534. The summed E-state index contributed by atoms with van der Waals surface area (Å²) in [6, 6.07) is 14.8. The van der Waals surface area contributed by atoms with E-state index in [1.807, 2.05) is 0 Å². The largest absolute Gasteiger partial charge is 0.326 e. The number of hydrogen-bond donors (Lipinski definition) is 3. The van der Waals surface area contributed by atoms with Crippen molar-refractivity contribution in [3.8, 4) is 0 Å². The lowest BCUT2D eigenvalue weighted by atomic mass is 10.1. The van der Waals surface area contributed by atoms with Crippen LogP contribution in [0.2, 0.25) is 0 Å². The van der Waals surface area contributed by atoms with Gasteiger partial charge in [0.1, 0.15) is 0 Å². The highest BCUT2D eigenvalue weighted by molar-refractivity contribution is 7.89. The monoisotopic (exact) mass is 450 g/mol. The number of aromatic nitrogens is 1. The molecule has 8 nitrogen and oxygen atoms in total. The van der Waals surface area contributed by atoms with Crippen LogP contribution in [0, 0.1) is 0 Å². The van der Waals surface area contributed by atoms with Crippen LogP contribution in [-0.4, -0.2) is 25.2 Å². The Kier molecular flexibility index (Phi) is 6.29. The fourth-order valence-electron chi connectivity index (χ4n) is 3.39. The Balaban J connectivity index is 1.40. The van der Waals surface area contributed by atoms with Crippen LogP contribution in [0.15, 0.2) is 71.9 Å². The number of hydrogen-bond acceptors (Lipinski definition) is 5. The van der Waals surface area contributed by atoms with E-state index in [-0.39, 0.29) is 23.3 Å². The summed E-state index contributed by atoms with van der Waals surface area (Å²) in [6.07, 6.45) is 4.92. The second-order valence-electron chi connectivity index (χ2n) is 7.43. The van der Waals surface area contributed by atoms with Crippen molar-refractivity contribution in [1.82, 2.24) is 9.71 Å². The minimum Gasteiger partial charge on any atom is -0.326 e. The molecule has 0 saturated heterocycles. The zero-order valence-corrected chi connectivity index (χ0v) is 18.0. The number of carbonyl (C=O) groups excluding carboxylic acids is 2. The Bertz CT molecular complexity index is 1240. The lowest BCUT2D eigenvalue weighted by Gasteiger charge is -2.11. The number of aryl methyl sites for hydroxylation is 1. The summed E-state index contributed by atoms with van der Waals surface area (Å²) < 4.78 is 28.1. The van der Waals surface area contributed by atoms with Crippen molar-refractivity contribution in [3.63, 3.8) is 0 Å². The van der Waals surface area contributed by atoms with Gasteiger partial charge in [0.2, 0.25) is 15.9 Å². The van der Waals surface area contributed by atoms with E-state index in [1.165, 1.54) is 6.07 Å². The Morgan fingerprint density at radius 2 is 1.75 bits per heavy atom. The van der Waals surface area contributed by atoms with Gasteiger partial charge in [0, 0.05) is 42.3 Å². The van der Waals surface area contributed by atoms with Crippen molar-refractivity contribution < 1.29 is 18.0 Å². The van der Waals surface area contributed by atoms with E-state index < -0.39 is 10.0 Å². The summed E-state index contributed by atoms with van der Waals surface area (Å²) in [7, 11) is -3.73. The molecule has 2 amide bonds. The minimum atomic E-state index is -3.73. The van der Waals surface area contributed by atoms with Gasteiger partial charge in [-0.3, -0.25) is 14.6 Å². The molecule has 164 valence electrons. The second-order valence-corrected chi connectivity index (χ2v) is 9.20. The van der Waals surface area contributed by atoms with E-state index in [9.17, 15) is 18.0 Å². The van der Waals surface area contributed by atoms with Crippen LogP contribution >= 0.6 is 0 Å². The number of rotatable bonds is 6. The van der Waals surface area contributed by atoms with E-state index >= 15 is 0 Å². The maximum absolute atomic E-state index is 12.8. The van der Waals surface area contributed by atoms with Gasteiger partial charge < -0.3 is 10.6 Å². The number of benzene rings is 2. The van der Waals surface area contributed by atoms with Gasteiger partial charge in [-0.2, -0.15) is 0 Å². The van der Waals surface area contributed by atoms with E-state index in [2.05, 4.69) is 20.3 Å². The minimum absolute atomic E-state index is 0.0598. The first-order chi connectivity index (χ1) is 15.4. The standard InChI is InChI=1S/C23H22N4O4S/c28-22-3-1-2-18-14-20(8-9-21(18)27-22)32(30,31)25-15-16-4-6-17(7-5-16)23(29)26-19-10-12-24-13-11-19/h4-14,25H,1-3,15H2,(H,27,28)(H,24,26,29). The molecule has 0 spiro atoms. The van der Waals surface area contributed by atoms with E-state index in [1.54, 1.807) is 60.9 Å². The lowest BCUT2D eigenvalue weighted by Crippen LogP contribution is -2.23. The molecule has 0 bridgehead atoms. The number of nitrogens with one attached hydrogen (secondary N) is 3. The molecular formula is C23H22N4O4S. The molecular weight excluding hydrogens is 428 g/mol. The van der Waals surface area contributed by atoms with E-state index in [0.717, 1.165) is 11.1 Å². The summed E-state index contributed by atoms with van der Waals surface area (Å²) in [5, 5.41) is 5.57. The summed E-state index contributed by atoms with van der Waals surface area (Å²) in [6.45, 7) is 0.0857. The number of amides is 2. The highest BCUT2D eigenvalue weighted by Gasteiger charge is 2.19. The number of pyridine rings is 1. The number of carbonyl (C=O) groups is 2. The van der Waals surface area contributed by atoms with Crippen LogP contribution in [0.4, 0.5) is 11.4 Å². The third kappa shape index (κ3) is 5.19. The maximum Gasteiger partial charge on any atom is 0.255 e. The molecule has 9 heteroatoms. The van der Waals surface area contributed by atoms with Crippen LogP contribution in [-0.2, 0) is 27.8 Å². The highest BCUT2D eigenvalue weighted by Crippen LogP contribution is 2.25. The number of nitrogens with zero attached hydrogens (tertiary/aromatic N) is 1. The van der Waals surface area contributed by atoms with Gasteiger partial charge in [-0.25, -0.2) is 13.1 Å². The van der Waals surface area contributed by atoms with Gasteiger partial charge in [0.25, 0.3) is 5.91 Å². The third-order valence-electron chi connectivity index (χ3n) is 5.13. The first-order valence-electron chi connectivity index (χ1n) is 10.1. The summed E-state index contributed by atoms with van der Waals surface area (Å²) in [5.74, 6) is -0.323. The predicted molar refractivity (Wildman–Crippen MR) is 121 cm³/mol. The highest BCUT2D eigenvalue weighted by atomic mass is 32.2. The van der Waals surface area contributed by atoms with Crippen LogP contribution < -0.4 is 15.4 Å². The van der Waals surface area contributed by atoms with Crippen LogP contribution in [0.25, 0.3) is 0 Å². The van der Waals surface area contributed by atoms with E-state index in [0.29, 0.717) is 36.2 Å². The average Bonchev–Trinajstić information content (AvgIpc) is 2.98. The van der Waals surface area contributed by atoms with Crippen molar-refractivity contribution in [3.05, 3.63) is 83.7 Å². The zero-order chi connectivity index (χ0) is 22.6. The maximum atomic E-state index is 12.8. The van der Waals surface area contributed by atoms with Gasteiger partial charge in [-0.05, 0) is 66.4 Å². The van der Waals surface area contributed by atoms with Gasteiger partial charge in [-0.1, -0.05) is 12.1 Å². The van der Waals surface area contributed by atoms with Gasteiger partial charge in [0.15, 0.2) is 0 Å². The molecule has 2 heterocycles. The molecule has 0 unspecified atom stereocenters. The number of sulfonamides is 1. The molecule has 3 aromatic rings. The summed E-state index contributed by atoms with van der Waals surface area (Å²) in [5.41, 5.74) is 3.29. The Morgan fingerprint density at radius 1 is 1.00 bits per heavy atom. The fraction of sp³-hybridized carbons (Fsp3) is 0.174. The van der Waals surface area contributed by atoms with Crippen molar-refractivity contribution in [1.29, 1.82) is 0 Å². The Hall–Kier alpha value is -3.56. The summed E-state index contributed by atoms with van der Waals surface area (Å²) >= 11 is 0. The van der Waals surface area contributed by atoms with Crippen molar-refractivity contribution in [2.45, 2.75) is 30.7 Å². The molecule has 1 aliphatic rings. The average molecular weight is 451 g/mol. The summed E-state index contributed by atoms with van der Waals surface area (Å²) in [4.78, 5) is 28.1. The normalized spacial score (nSPS) is 13.6. The number of fused-ring (bicyclic) bond motifs is 1. The Labute approximate surface area is 186 Å². The molecule has 1 aromatic heterocycles. The molecule has 1 aliphatic heterocycles. The molecule has 3 N–H and O–H groups in total. The molecule has 0 saturated carbocycles.